The van der Waals surface area contributed by atoms with E-state index in [1.807, 2.05) is 54.6 Å². The van der Waals surface area contributed by atoms with E-state index in [1.54, 1.807) is 12.3 Å². The number of hydrazone groups is 1. The van der Waals surface area contributed by atoms with Gasteiger partial charge in [0.25, 0.3) is 0 Å². The second kappa shape index (κ2) is 9.27. The van der Waals surface area contributed by atoms with Gasteiger partial charge in [-0.3, -0.25) is 0 Å². The van der Waals surface area contributed by atoms with E-state index in [1.165, 1.54) is 5.56 Å². The molecular formula is C21H18Cl2N2O. The molecule has 0 bridgehead atoms. The predicted molar refractivity (Wildman–Crippen MR) is 108 cm³/mol. The van der Waals surface area contributed by atoms with Crippen molar-refractivity contribution in [1.29, 1.82) is 0 Å². The smallest absolute Gasteiger partial charge is 0.119 e. The minimum absolute atomic E-state index is 0.433. The summed E-state index contributed by atoms with van der Waals surface area (Å²) in [5, 5.41) is 5.31. The molecule has 0 radical (unpaired) electrons. The van der Waals surface area contributed by atoms with Gasteiger partial charge in [0.2, 0.25) is 0 Å². The molecule has 5 heteroatoms. The first-order valence-electron chi connectivity index (χ1n) is 8.17. The van der Waals surface area contributed by atoms with Gasteiger partial charge in [-0.05, 0) is 53.1 Å². The molecule has 3 rings (SSSR count). The first kappa shape index (κ1) is 18.3. The van der Waals surface area contributed by atoms with Gasteiger partial charge in [-0.1, -0.05) is 59.6 Å². The normalized spacial score (nSPS) is 10.8. The topological polar surface area (TPSA) is 33.6 Å². The standard InChI is InChI=1S/C21H18Cl2N2O/c22-20-11-8-18(12-21(20)23)15-26-19-9-6-17(7-10-19)14-25-24-13-16-4-2-1-3-5-16/h1-12,14,24H,13,15H2. The third kappa shape index (κ3) is 5.51. The molecule has 0 atom stereocenters. The maximum absolute atomic E-state index is 6.01. The van der Waals surface area contributed by atoms with Gasteiger partial charge in [-0.2, -0.15) is 5.10 Å². The Kier molecular flexibility index (Phi) is 6.53. The maximum atomic E-state index is 6.01. The number of hydrogen-bond acceptors (Lipinski definition) is 3. The maximum Gasteiger partial charge on any atom is 0.119 e. The Morgan fingerprint density at radius 1 is 0.846 bits per heavy atom. The number of nitrogens with one attached hydrogen (secondary N) is 1. The van der Waals surface area contributed by atoms with Crippen molar-refractivity contribution >= 4 is 29.4 Å². The third-order valence-electron chi connectivity index (χ3n) is 3.70. The molecule has 0 amide bonds. The molecule has 0 aromatic heterocycles. The van der Waals surface area contributed by atoms with Crippen LogP contribution in [-0.4, -0.2) is 6.21 Å². The van der Waals surface area contributed by atoms with Gasteiger partial charge in [-0.25, -0.2) is 0 Å². The zero-order chi connectivity index (χ0) is 18.2. The first-order valence-corrected chi connectivity index (χ1v) is 8.93. The Morgan fingerprint density at radius 3 is 2.35 bits per heavy atom. The van der Waals surface area contributed by atoms with Gasteiger partial charge in [0.1, 0.15) is 12.4 Å². The minimum Gasteiger partial charge on any atom is -0.489 e. The first-order chi connectivity index (χ1) is 12.7. The van der Waals surface area contributed by atoms with Crippen molar-refractivity contribution in [2.24, 2.45) is 5.10 Å². The highest BCUT2D eigenvalue weighted by molar-refractivity contribution is 6.42. The quantitative estimate of drug-likeness (QED) is 0.418. The van der Waals surface area contributed by atoms with Crippen LogP contribution in [0.15, 0.2) is 77.9 Å². The van der Waals surface area contributed by atoms with Crippen LogP contribution in [0.25, 0.3) is 0 Å². The highest BCUT2D eigenvalue weighted by Gasteiger charge is 2.01. The van der Waals surface area contributed by atoms with Gasteiger partial charge in [-0.15, -0.1) is 0 Å². The lowest BCUT2D eigenvalue weighted by molar-refractivity contribution is 0.306. The van der Waals surface area contributed by atoms with Crippen molar-refractivity contribution in [2.45, 2.75) is 13.2 Å². The second-order valence-corrected chi connectivity index (χ2v) is 6.50. The van der Waals surface area contributed by atoms with Gasteiger partial charge in [0.15, 0.2) is 0 Å². The van der Waals surface area contributed by atoms with Crippen LogP contribution >= 0.6 is 23.2 Å². The lowest BCUT2D eigenvalue weighted by Crippen LogP contribution is -2.05. The van der Waals surface area contributed by atoms with E-state index in [2.05, 4.69) is 22.7 Å². The van der Waals surface area contributed by atoms with E-state index in [0.717, 1.165) is 16.9 Å². The predicted octanol–water partition coefficient (Wildman–Crippen LogP) is 5.70. The summed E-state index contributed by atoms with van der Waals surface area (Å²) >= 11 is 11.9. The summed E-state index contributed by atoms with van der Waals surface area (Å²) in [5.41, 5.74) is 6.19. The van der Waals surface area contributed by atoms with E-state index >= 15 is 0 Å². The van der Waals surface area contributed by atoms with E-state index in [4.69, 9.17) is 27.9 Å². The Morgan fingerprint density at radius 2 is 1.62 bits per heavy atom. The molecule has 0 saturated carbocycles. The Labute approximate surface area is 163 Å². The Bertz CT molecular complexity index is 865. The summed E-state index contributed by atoms with van der Waals surface area (Å²) < 4.78 is 5.76. The summed E-state index contributed by atoms with van der Waals surface area (Å²) in [5.74, 6) is 0.783. The number of benzene rings is 3. The molecule has 26 heavy (non-hydrogen) atoms. The van der Waals surface area contributed by atoms with Crippen LogP contribution in [0.1, 0.15) is 16.7 Å². The fraction of sp³-hybridized carbons (Fsp3) is 0.0952. The second-order valence-electron chi connectivity index (χ2n) is 5.68. The molecule has 0 aliphatic heterocycles. The van der Waals surface area contributed by atoms with Crippen molar-refractivity contribution < 1.29 is 4.74 Å². The number of nitrogens with zero attached hydrogens (tertiary/aromatic N) is 1. The Hall–Kier alpha value is -2.49. The number of hydrogen-bond donors (Lipinski definition) is 1. The molecule has 0 aliphatic carbocycles. The molecule has 0 aliphatic rings. The van der Waals surface area contributed by atoms with Crippen LogP contribution in [0.2, 0.25) is 10.0 Å². The van der Waals surface area contributed by atoms with E-state index < -0.39 is 0 Å². The highest BCUT2D eigenvalue weighted by atomic mass is 35.5. The largest absolute Gasteiger partial charge is 0.489 e. The zero-order valence-corrected chi connectivity index (χ0v) is 15.5. The van der Waals surface area contributed by atoms with Crippen LogP contribution in [0, 0.1) is 0 Å². The molecule has 3 aromatic carbocycles. The SMILES string of the molecule is Clc1ccc(COc2ccc(C=NNCc3ccccc3)cc2)cc1Cl. The van der Waals surface area contributed by atoms with Gasteiger partial charge < -0.3 is 10.2 Å². The van der Waals surface area contributed by atoms with Crippen LogP contribution in [-0.2, 0) is 13.2 Å². The molecule has 0 spiro atoms. The van der Waals surface area contributed by atoms with Crippen molar-refractivity contribution in [3.63, 3.8) is 0 Å². The monoisotopic (exact) mass is 384 g/mol. The average molecular weight is 385 g/mol. The van der Waals surface area contributed by atoms with Gasteiger partial charge >= 0.3 is 0 Å². The molecule has 132 valence electrons. The fourth-order valence-corrected chi connectivity index (χ4v) is 2.62. The summed E-state index contributed by atoms with van der Waals surface area (Å²) in [7, 11) is 0. The molecule has 1 N–H and O–H groups in total. The number of halogens is 2. The van der Waals surface area contributed by atoms with E-state index in [-0.39, 0.29) is 0 Å². The van der Waals surface area contributed by atoms with Crippen LogP contribution in [0.5, 0.6) is 5.75 Å². The van der Waals surface area contributed by atoms with Crippen LogP contribution < -0.4 is 10.2 Å². The van der Waals surface area contributed by atoms with Gasteiger partial charge in [0, 0.05) is 0 Å². The average Bonchev–Trinajstić information content (AvgIpc) is 2.68. The molecule has 3 aromatic rings. The lowest BCUT2D eigenvalue weighted by atomic mass is 10.2. The lowest BCUT2D eigenvalue weighted by Gasteiger charge is -2.07. The molecule has 0 heterocycles. The number of rotatable bonds is 7. The van der Waals surface area contributed by atoms with Crippen LogP contribution in [0.3, 0.4) is 0 Å². The van der Waals surface area contributed by atoms with Crippen molar-refractivity contribution in [3.05, 3.63) is 99.5 Å². The Balaban J connectivity index is 1.48. The molecule has 0 fully saturated rings. The molecule has 3 nitrogen and oxygen atoms in total. The zero-order valence-electron chi connectivity index (χ0n) is 14.0. The van der Waals surface area contributed by atoms with E-state index in [0.29, 0.717) is 23.2 Å². The molecule has 0 unspecified atom stereocenters. The highest BCUT2D eigenvalue weighted by Crippen LogP contribution is 2.23. The van der Waals surface area contributed by atoms with Crippen molar-refractivity contribution in [3.8, 4) is 5.75 Å². The fourth-order valence-electron chi connectivity index (χ4n) is 2.30. The van der Waals surface area contributed by atoms with Gasteiger partial charge in [0.05, 0.1) is 22.8 Å². The summed E-state index contributed by atoms with van der Waals surface area (Å²) in [6, 6.07) is 23.3. The van der Waals surface area contributed by atoms with Crippen LogP contribution in [0.4, 0.5) is 0 Å². The van der Waals surface area contributed by atoms with E-state index in [9.17, 15) is 0 Å². The minimum atomic E-state index is 0.433. The molecular weight excluding hydrogens is 367 g/mol. The molecule has 0 saturated heterocycles. The summed E-state index contributed by atoms with van der Waals surface area (Å²) in [4.78, 5) is 0. The third-order valence-corrected chi connectivity index (χ3v) is 4.44. The number of ether oxygens (including phenoxy) is 1. The van der Waals surface area contributed by atoms with Crippen molar-refractivity contribution in [2.75, 3.05) is 0 Å². The van der Waals surface area contributed by atoms with Crippen molar-refractivity contribution in [1.82, 2.24) is 5.43 Å². The summed E-state index contributed by atoms with van der Waals surface area (Å²) in [6.07, 6.45) is 1.78. The summed E-state index contributed by atoms with van der Waals surface area (Å²) in [6.45, 7) is 1.13.